The summed E-state index contributed by atoms with van der Waals surface area (Å²) in [6.07, 6.45) is 2.90. The summed E-state index contributed by atoms with van der Waals surface area (Å²) in [5.74, 6) is 0.198. The Bertz CT molecular complexity index is 1410. The van der Waals surface area contributed by atoms with Crippen LogP contribution in [-0.4, -0.2) is 34.8 Å². The molecule has 0 spiro atoms. The fourth-order valence-corrected chi connectivity index (χ4v) is 5.90. The van der Waals surface area contributed by atoms with E-state index in [0.717, 1.165) is 40.2 Å². The number of likely N-dealkylation sites (tertiary alicyclic amines) is 1. The van der Waals surface area contributed by atoms with Crippen LogP contribution in [0.15, 0.2) is 78.2 Å². The Labute approximate surface area is 236 Å². The molecule has 0 saturated carbocycles. The normalized spacial score (nSPS) is 13.9. The van der Waals surface area contributed by atoms with Gasteiger partial charge in [-0.2, -0.15) is 0 Å². The number of thiazole rings is 1. The third-order valence-corrected chi connectivity index (χ3v) is 8.33. The minimum Gasteiger partial charge on any atom is -0.343 e. The lowest BCUT2D eigenvalue weighted by atomic mass is 9.97. The van der Waals surface area contributed by atoms with Crippen LogP contribution < -0.4 is 5.32 Å². The van der Waals surface area contributed by atoms with E-state index in [1.807, 2.05) is 83.1 Å². The Balaban J connectivity index is 1.16. The number of hydrogen-bond acceptors (Lipinski definition) is 4. The van der Waals surface area contributed by atoms with E-state index in [-0.39, 0.29) is 17.7 Å². The van der Waals surface area contributed by atoms with Crippen LogP contribution in [-0.2, 0) is 11.2 Å². The molecule has 5 nitrogen and oxygen atoms in total. The van der Waals surface area contributed by atoms with E-state index in [0.29, 0.717) is 41.7 Å². The van der Waals surface area contributed by atoms with Gasteiger partial charge in [0.1, 0.15) is 5.69 Å². The molecule has 0 atom stereocenters. The molecule has 0 unspecified atom stereocenters. The maximum absolute atomic E-state index is 13.0. The highest BCUT2D eigenvalue weighted by molar-refractivity contribution is 7.10. The second kappa shape index (κ2) is 12.1. The number of carbonyl (C=O) groups excluding carboxylic acids is 2. The number of piperidine rings is 1. The molecule has 0 bridgehead atoms. The SMILES string of the molecule is O=C(Nc1ccccc1-c1ccc(Cl)cc1)c1csc(C2CCN(C(=O)CCc3ccc(Cl)cc3)CC2)n1. The van der Waals surface area contributed by atoms with Gasteiger partial charge in [0.15, 0.2) is 0 Å². The van der Waals surface area contributed by atoms with Crippen molar-refractivity contribution in [1.82, 2.24) is 9.88 Å². The highest BCUT2D eigenvalue weighted by atomic mass is 35.5. The van der Waals surface area contributed by atoms with Crippen LogP contribution in [0.1, 0.15) is 46.2 Å². The van der Waals surface area contributed by atoms with Gasteiger partial charge in [-0.3, -0.25) is 9.59 Å². The van der Waals surface area contributed by atoms with Crippen LogP contribution in [0.2, 0.25) is 10.0 Å². The summed E-state index contributed by atoms with van der Waals surface area (Å²) in [7, 11) is 0. The highest BCUT2D eigenvalue weighted by Gasteiger charge is 2.26. The molecule has 1 aromatic heterocycles. The number of nitrogens with one attached hydrogen (secondary N) is 1. The molecule has 1 aliphatic rings. The summed E-state index contributed by atoms with van der Waals surface area (Å²) in [5, 5.41) is 7.16. The molecule has 1 aliphatic heterocycles. The fourth-order valence-electron chi connectivity index (χ4n) is 4.68. The number of rotatable bonds is 7. The van der Waals surface area contributed by atoms with E-state index in [1.165, 1.54) is 11.3 Å². The number of halogens is 2. The predicted octanol–water partition coefficient (Wildman–Crippen LogP) is 7.71. The standard InChI is InChI=1S/C30H27Cl2N3O2S/c31-23-10-5-20(6-11-23)7-14-28(36)35-17-15-22(16-18-35)30-34-27(19-38-30)29(37)33-26-4-2-1-3-25(26)21-8-12-24(32)13-9-21/h1-6,8-13,19,22H,7,14-18H2,(H,33,37). The minimum atomic E-state index is -0.233. The number of amides is 2. The number of para-hydroxylation sites is 1. The molecule has 2 heterocycles. The fraction of sp³-hybridized carbons (Fsp3) is 0.233. The lowest BCUT2D eigenvalue weighted by molar-refractivity contribution is -0.132. The van der Waals surface area contributed by atoms with Crippen LogP contribution in [0.3, 0.4) is 0 Å². The van der Waals surface area contributed by atoms with Crippen LogP contribution in [0.4, 0.5) is 5.69 Å². The van der Waals surface area contributed by atoms with Gasteiger partial charge in [-0.25, -0.2) is 4.98 Å². The Hall–Kier alpha value is -3.19. The molecule has 1 N–H and O–H groups in total. The molecule has 8 heteroatoms. The quantitative estimate of drug-likeness (QED) is 0.250. The summed E-state index contributed by atoms with van der Waals surface area (Å²) in [5.41, 5.74) is 4.14. The number of carbonyl (C=O) groups is 2. The minimum absolute atomic E-state index is 0.178. The largest absolute Gasteiger partial charge is 0.343 e. The zero-order chi connectivity index (χ0) is 26.5. The third-order valence-electron chi connectivity index (χ3n) is 6.82. The van der Waals surface area contributed by atoms with Crippen molar-refractivity contribution in [3.8, 4) is 11.1 Å². The molecule has 5 rings (SSSR count). The van der Waals surface area contributed by atoms with Gasteiger partial charge in [0.05, 0.1) is 5.01 Å². The molecule has 1 saturated heterocycles. The van der Waals surface area contributed by atoms with E-state index >= 15 is 0 Å². The number of aryl methyl sites for hydroxylation is 1. The predicted molar refractivity (Wildman–Crippen MR) is 155 cm³/mol. The average molecular weight is 565 g/mol. The number of anilines is 1. The van der Waals surface area contributed by atoms with Crippen LogP contribution in [0.25, 0.3) is 11.1 Å². The van der Waals surface area contributed by atoms with Crippen molar-refractivity contribution >= 4 is 52.0 Å². The van der Waals surface area contributed by atoms with Gasteiger partial charge in [0.25, 0.3) is 5.91 Å². The molecule has 4 aromatic rings. The van der Waals surface area contributed by atoms with Crippen molar-refractivity contribution in [1.29, 1.82) is 0 Å². The van der Waals surface area contributed by atoms with Crippen molar-refractivity contribution in [2.45, 2.75) is 31.6 Å². The Morgan fingerprint density at radius 1 is 0.921 bits per heavy atom. The summed E-state index contributed by atoms with van der Waals surface area (Å²) in [4.78, 5) is 32.4. The zero-order valence-electron chi connectivity index (χ0n) is 20.7. The number of nitrogens with zero attached hydrogens (tertiary/aromatic N) is 2. The maximum atomic E-state index is 13.0. The first-order valence-electron chi connectivity index (χ1n) is 12.6. The molecule has 38 heavy (non-hydrogen) atoms. The van der Waals surface area contributed by atoms with Gasteiger partial charge in [-0.15, -0.1) is 11.3 Å². The Kier molecular flexibility index (Phi) is 8.42. The van der Waals surface area contributed by atoms with Crippen molar-refractivity contribution in [2.75, 3.05) is 18.4 Å². The third kappa shape index (κ3) is 6.44. The van der Waals surface area contributed by atoms with Crippen LogP contribution in [0, 0.1) is 0 Å². The average Bonchev–Trinajstić information content (AvgIpc) is 3.44. The van der Waals surface area contributed by atoms with Crippen molar-refractivity contribution in [3.05, 3.63) is 104 Å². The van der Waals surface area contributed by atoms with Gasteiger partial charge in [0.2, 0.25) is 5.91 Å². The van der Waals surface area contributed by atoms with Crippen LogP contribution in [0.5, 0.6) is 0 Å². The summed E-state index contributed by atoms with van der Waals surface area (Å²) in [6, 6.07) is 22.9. The van der Waals surface area contributed by atoms with E-state index < -0.39 is 0 Å². The topological polar surface area (TPSA) is 62.3 Å². The zero-order valence-corrected chi connectivity index (χ0v) is 23.0. The molecule has 3 aromatic carbocycles. The second-order valence-electron chi connectivity index (χ2n) is 9.36. The molecule has 2 amide bonds. The molecule has 0 aliphatic carbocycles. The van der Waals surface area contributed by atoms with Crippen molar-refractivity contribution in [2.24, 2.45) is 0 Å². The van der Waals surface area contributed by atoms with E-state index in [9.17, 15) is 9.59 Å². The van der Waals surface area contributed by atoms with E-state index in [2.05, 4.69) is 10.3 Å². The molecule has 0 radical (unpaired) electrons. The van der Waals surface area contributed by atoms with Gasteiger partial charge in [0, 0.05) is 52.1 Å². The van der Waals surface area contributed by atoms with Crippen molar-refractivity contribution < 1.29 is 9.59 Å². The summed E-state index contributed by atoms with van der Waals surface area (Å²) < 4.78 is 0. The van der Waals surface area contributed by atoms with Gasteiger partial charge in [-0.1, -0.05) is 65.7 Å². The molecule has 194 valence electrons. The van der Waals surface area contributed by atoms with Gasteiger partial charge < -0.3 is 10.2 Å². The van der Waals surface area contributed by atoms with Crippen LogP contribution >= 0.6 is 34.5 Å². The summed E-state index contributed by atoms with van der Waals surface area (Å²) in [6.45, 7) is 1.42. The van der Waals surface area contributed by atoms with E-state index in [4.69, 9.17) is 23.2 Å². The molecule has 1 fully saturated rings. The van der Waals surface area contributed by atoms with Gasteiger partial charge >= 0.3 is 0 Å². The smallest absolute Gasteiger partial charge is 0.275 e. The van der Waals surface area contributed by atoms with E-state index in [1.54, 1.807) is 0 Å². The number of aromatic nitrogens is 1. The number of benzene rings is 3. The lowest BCUT2D eigenvalue weighted by Crippen LogP contribution is -2.38. The monoisotopic (exact) mass is 563 g/mol. The lowest BCUT2D eigenvalue weighted by Gasteiger charge is -2.31. The first-order chi connectivity index (χ1) is 18.5. The highest BCUT2D eigenvalue weighted by Crippen LogP contribution is 2.32. The van der Waals surface area contributed by atoms with Gasteiger partial charge in [-0.05, 0) is 60.7 Å². The Morgan fingerprint density at radius 2 is 1.58 bits per heavy atom. The molecular weight excluding hydrogens is 537 g/mol. The maximum Gasteiger partial charge on any atom is 0.275 e. The van der Waals surface area contributed by atoms with Crippen molar-refractivity contribution in [3.63, 3.8) is 0 Å². The molecular formula is C30H27Cl2N3O2S. The number of hydrogen-bond donors (Lipinski definition) is 1. The summed E-state index contributed by atoms with van der Waals surface area (Å²) >= 11 is 13.5. The Morgan fingerprint density at radius 3 is 2.29 bits per heavy atom. The first kappa shape index (κ1) is 26.4. The second-order valence-corrected chi connectivity index (χ2v) is 11.1. The first-order valence-corrected chi connectivity index (χ1v) is 14.2.